The Morgan fingerprint density at radius 1 is 1.21 bits per heavy atom. The first kappa shape index (κ1) is 20.6. The highest BCUT2D eigenvalue weighted by molar-refractivity contribution is 5.74. The van der Waals surface area contributed by atoms with Crippen molar-refractivity contribution in [3.8, 4) is 0 Å². The van der Waals surface area contributed by atoms with Crippen LogP contribution < -0.4 is 5.32 Å². The number of ether oxygens (including phenoxy) is 1. The summed E-state index contributed by atoms with van der Waals surface area (Å²) in [6.45, 7) is 2.02. The van der Waals surface area contributed by atoms with E-state index in [0.717, 1.165) is 25.7 Å². The van der Waals surface area contributed by atoms with Crippen molar-refractivity contribution in [1.29, 1.82) is 0 Å². The standard InChI is InChI=1S/C21H31N3O4/c1-23(15-20(25)26)13-19-14-24(11-12-28-19)21(27)22-18-9-7-17(8-10-18)16-5-3-2-4-6-16/h2-6,17-19H,7-15H2,1H3,(H,22,27)(H,25,26). The molecule has 0 aromatic heterocycles. The van der Waals surface area contributed by atoms with Gasteiger partial charge in [-0.15, -0.1) is 0 Å². The number of amides is 2. The molecule has 1 aliphatic carbocycles. The predicted octanol–water partition coefficient (Wildman–Crippen LogP) is 2.14. The van der Waals surface area contributed by atoms with Crippen LogP contribution in [0.25, 0.3) is 0 Å². The largest absolute Gasteiger partial charge is 0.480 e. The Morgan fingerprint density at radius 3 is 2.61 bits per heavy atom. The fraction of sp³-hybridized carbons (Fsp3) is 0.619. The number of morpholine rings is 1. The Bertz CT molecular complexity index is 646. The molecular formula is C21H31N3O4. The molecule has 1 aliphatic heterocycles. The third-order valence-electron chi connectivity index (χ3n) is 5.67. The molecule has 1 atom stereocenters. The van der Waals surface area contributed by atoms with Crippen molar-refractivity contribution >= 4 is 12.0 Å². The van der Waals surface area contributed by atoms with Crippen LogP contribution in [0.2, 0.25) is 0 Å². The number of benzene rings is 1. The number of carboxylic acids is 1. The van der Waals surface area contributed by atoms with Crippen LogP contribution in [-0.4, -0.2) is 78.9 Å². The molecule has 1 saturated heterocycles. The maximum absolute atomic E-state index is 12.7. The van der Waals surface area contributed by atoms with E-state index in [-0.39, 0.29) is 24.7 Å². The molecule has 1 saturated carbocycles. The number of hydrogen-bond donors (Lipinski definition) is 2. The minimum atomic E-state index is -0.862. The second kappa shape index (κ2) is 9.89. The van der Waals surface area contributed by atoms with E-state index in [0.29, 0.717) is 32.2 Å². The third kappa shape index (κ3) is 5.94. The smallest absolute Gasteiger partial charge is 0.317 e. The molecule has 2 fully saturated rings. The van der Waals surface area contributed by atoms with Crippen LogP contribution in [0, 0.1) is 0 Å². The lowest BCUT2D eigenvalue weighted by atomic mass is 9.82. The van der Waals surface area contributed by atoms with Gasteiger partial charge in [0.2, 0.25) is 0 Å². The van der Waals surface area contributed by atoms with Crippen molar-refractivity contribution in [2.24, 2.45) is 0 Å². The van der Waals surface area contributed by atoms with E-state index in [1.807, 2.05) is 6.07 Å². The number of rotatable bonds is 6. The van der Waals surface area contributed by atoms with E-state index in [9.17, 15) is 9.59 Å². The summed E-state index contributed by atoms with van der Waals surface area (Å²) < 4.78 is 5.71. The van der Waals surface area contributed by atoms with Crippen molar-refractivity contribution in [1.82, 2.24) is 15.1 Å². The van der Waals surface area contributed by atoms with Gasteiger partial charge in [-0.1, -0.05) is 30.3 Å². The first-order valence-corrected chi connectivity index (χ1v) is 10.1. The summed E-state index contributed by atoms with van der Waals surface area (Å²) >= 11 is 0. The molecule has 7 nitrogen and oxygen atoms in total. The van der Waals surface area contributed by atoms with Gasteiger partial charge < -0.3 is 20.1 Å². The van der Waals surface area contributed by atoms with Gasteiger partial charge in [-0.3, -0.25) is 9.69 Å². The van der Waals surface area contributed by atoms with E-state index in [2.05, 4.69) is 29.6 Å². The number of carbonyl (C=O) groups excluding carboxylic acids is 1. The van der Waals surface area contributed by atoms with E-state index in [4.69, 9.17) is 9.84 Å². The van der Waals surface area contributed by atoms with Gasteiger partial charge in [0.25, 0.3) is 0 Å². The Labute approximate surface area is 166 Å². The zero-order valence-corrected chi connectivity index (χ0v) is 16.5. The van der Waals surface area contributed by atoms with Crippen molar-refractivity contribution in [3.05, 3.63) is 35.9 Å². The molecule has 7 heteroatoms. The van der Waals surface area contributed by atoms with Crippen LogP contribution in [0.5, 0.6) is 0 Å². The molecule has 154 valence electrons. The summed E-state index contributed by atoms with van der Waals surface area (Å²) in [7, 11) is 1.75. The van der Waals surface area contributed by atoms with Crippen LogP contribution in [0.1, 0.15) is 37.2 Å². The van der Waals surface area contributed by atoms with Crippen molar-refractivity contribution in [2.75, 3.05) is 39.8 Å². The molecule has 1 heterocycles. The van der Waals surface area contributed by atoms with E-state index in [1.165, 1.54) is 5.56 Å². The monoisotopic (exact) mass is 389 g/mol. The molecule has 1 aromatic rings. The average molecular weight is 389 g/mol. The van der Waals surface area contributed by atoms with Crippen LogP contribution in [-0.2, 0) is 9.53 Å². The van der Waals surface area contributed by atoms with Crippen LogP contribution in [0.15, 0.2) is 30.3 Å². The van der Waals surface area contributed by atoms with Gasteiger partial charge in [0.15, 0.2) is 0 Å². The summed E-state index contributed by atoms with van der Waals surface area (Å²) in [5.74, 6) is -0.272. The fourth-order valence-electron chi connectivity index (χ4n) is 4.22. The van der Waals surface area contributed by atoms with Crippen LogP contribution in [0.4, 0.5) is 4.79 Å². The van der Waals surface area contributed by atoms with Crippen molar-refractivity contribution < 1.29 is 19.4 Å². The van der Waals surface area contributed by atoms with Gasteiger partial charge >= 0.3 is 12.0 Å². The fourth-order valence-corrected chi connectivity index (χ4v) is 4.22. The maximum atomic E-state index is 12.7. The Hall–Kier alpha value is -2.12. The Kier molecular flexibility index (Phi) is 7.28. The molecule has 2 amide bonds. The van der Waals surface area contributed by atoms with E-state index in [1.54, 1.807) is 16.8 Å². The van der Waals surface area contributed by atoms with Crippen LogP contribution >= 0.6 is 0 Å². The minimum Gasteiger partial charge on any atom is -0.480 e. The molecule has 28 heavy (non-hydrogen) atoms. The number of aliphatic carboxylic acids is 1. The normalized spacial score (nSPS) is 25.5. The van der Waals surface area contributed by atoms with Gasteiger partial charge in [-0.2, -0.15) is 0 Å². The lowest BCUT2D eigenvalue weighted by molar-refractivity contribution is -0.138. The quantitative estimate of drug-likeness (QED) is 0.779. The lowest BCUT2D eigenvalue weighted by Gasteiger charge is -2.36. The van der Waals surface area contributed by atoms with E-state index >= 15 is 0 Å². The molecule has 0 spiro atoms. The SMILES string of the molecule is CN(CC(=O)O)CC1CN(C(=O)NC2CCC(c3ccccc3)CC2)CCO1. The topological polar surface area (TPSA) is 82.1 Å². The first-order chi connectivity index (χ1) is 13.5. The summed E-state index contributed by atoms with van der Waals surface area (Å²) in [5.41, 5.74) is 1.40. The molecule has 1 aromatic carbocycles. The van der Waals surface area contributed by atoms with Gasteiger partial charge in [-0.25, -0.2) is 4.79 Å². The highest BCUT2D eigenvalue weighted by atomic mass is 16.5. The minimum absolute atomic E-state index is 0.0302. The number of nitrogens with one attached hydrogen (secondary N) is 1. The van der Waals surface area contributed by atoms with Gasteiger partial charge in [0.1, 0.15) is 0 Å². The van der Waals surface area contributed by atoms with Gasteiger partial charge in [-0.05, 0) is 44.2 Å². The number of carbonyl (C=O) groups is 2. The molecular weight excluding hydrogens is 358 g/mol. The Balaban J connectivity index is 1.42. The molecule has 0 bridgehead atoms. The van der Waals surface area contributed by atoms with Crippen molar-refractivity contribution in [2.45, 2.75) is 43.7 Å². The van der Waals surface area contributed by atoms with Gasteiger partial charge in [0.05, 0.1) is 19.3 Å². The Morgan fingerprint density at radius 2 is 1.93 bits per heavy atom. The van der Waals surface area contributed by atoms with Crippen molar-refractivity contribution in [3.63, 3.8) is 0 Å². The number of carboxylic acid groups (broad SMARTS) is 1. The number of hydrogen-bond acceptors (Lipinski definition) is 4. The summed E-state index contributed by atoms with van der Waals surface area (Å²) in [6, 6.07) is 10.8. The number of nitrogens with zero attached hydrogens (tertiary/aromatic N) is 2. The predicted molar refractivity (Wildman–Crippen MR) is 106 cm³/mol. The zero-order valence-electron chi connectivity index (χ0n) is 16.5. The molecule has 1 unspecified atom stereocenters. The highest BCUT2D eigenvalue weighted by Crippen LogP contribution is 2.32. The second-order valence-corrected chi connectivity index (χ2v) is 7.94. The maximum Gasteiger partial charge on any atom is 0.317 e. The molecule has 2 aliphatic rings. The number of likely N-dealkylation sites (N-methyl/N-ethyl adjacent to an activating group) is 1. The first-order valence-electron chi connectivity index (χ1n) is 10.1. The summed E-state index contributed by atoms with van der Waals surface area (Å²) in [4.78, 5) is 27.0. The summed E-state index contributed by atoms with van der Waals surface area (Å²) in [5, 5.41) is 12.1. The van der Waals surface area contributed by atoms with Gasteiger partial charge in [0, 0.05) is 25.7 Å². The lowest BCUT2D eigenvalue weighted by Crippen LogP contribution is -2.54. The van der Waals surface area contributed by atoms with E-state index < -0.39 is 5.97 Å². The number of urea groups is 1. The average Bonchev–Trinajstić information content (AvgIpc) is 2.69. The van der Waals surface area contributed by atoms with Crippen LogP contribution in [0.3, 0.4) is 0 Å². The third-order valence-corrected chi connectivity index (χ3v) is 5.67. The molecule has 3 rings (SSSR count). The zero-order chi connectivity index (χ0) is 19.9. The highest BCUT2D eigenvalue weighted by Gasteiger charge is 2.28. The molecule has 2 N–H and O–H groups in total. The second-order valence-electron chi connectivity index (χ2n) is 7.94. The summed E-state index contributed by atoms with van der Waals surface area (Å²) in [6.07, 6.45) is 4.04. The molecule has 0 radical (unpaired) electrons.